The first kappa shape index (κ1) is 33.8. The predicted molar refractivity (Wildman–Crippen MR) is 252 cm³/mol. The number of hydrogen-bond donors (Lipinski definition) is 0. The molecule has 0 saturated heterocycles. The van der Waals surface area contributed by atoms with Gasteiger partial charge in [0.1, 0.15) is 0 Å². The highest BCUT2D eigenvalue weighted by Crippen LogP contribution is 2.59. The lowest BCUT2D eigenvalue weighted by Crippen LogP contribution is -2.28. The monoisotopic (exact) mass is 767 g/mol. The average molecular weight is 768 g/mol. The third-order valence-corrected chi connectivity index (χ3v) is 13.7. The van der Waals surface area contributed by atoms with Crippen LogP contribution in [0.25, 0.3) is 64.0 Å². The molecule has 1 aliphatic rings. The molecule has 12 rings (SSSR count). The number of benzene rings is 10. The van der Waals surface area contributed by atoms with E-state index in [9.17, 15) is 0 Å². The summed E-state index contributed by atoms with van der Waals surface area (Å²) in [5.74, 6) is 0. The molecule has 2 heteroatoms. The average Bonchev–Trinajstić information content (AvgIpc) is 3.84. The molecular weight excluding hydrogens is 731 g/mol. The Hall–Kier alpha value is -7.26. The molecule has 0 aliphatic heterocycles. The molecule has 0 amide bonds. The largest absolute Gasteiger partial charge is 0.310 e. The van der Waals surface area contributed by atoms with Crippen molar-refractivity contribution in [3.05, 3.63) is 247 Å². The van der Waals surface area contributed by atoms with Gasteiger partial charge in [-0.15, -0.1) is 11.3 Å². The molecule has 1 atom stereocenters. The molecule has 1 heterocycles. The van der Waals surface area contributed by atoms with E-state index in [-0.39, 0.29) is 0 Å². The highest BCUT2D eigenvalue weighted by Gasteiger charge is 2.47. The van der Waals surface area contributed by atoms with E-state index in [0.717, 1.165) is 17.1 Å². The van der Waals surface area contributed by atoms with Crippen LogP contribution in [0.2, 0.25) is 0 Å². The zero-order valence-electron chi connectivity index (χ0n) is 32.2. The number of thiophene rings is 1. The van der Waals surface area contributed by atoms with Crippen molar-refractivity contribution in [2.75, 3.05) is 4.90 Å². The molecule has 0 fully saturated rings. The third kappa shape index (κ3) is 5.24. The van der Waals surface area contributed by atoms with Crippen molar-refractivity contribution in [3.63, 3.8) is 0 Å². The molecule has 10 aromatic carbocycles. The normalized spacial score (nSPS) is 14.5. The van der Waals surface area contributed by atoms with Crippen molar-refractivity contribution >= 4 is 70.1 Å². The first-order valence-electron chi connectivity index (χ1n) is 20.3. The van der Waals surface area contributed by atoms with Gasteiger partial charge in [-0.2, -0.15) is 0 Å². The van der Waals surface area contributed by atoms with Crippen molar-refractivity contribution in [2.24, 2.45) is 0 Å². The quantitative estimate of drug-likeness (QED) is 0.163. The van der Waals surface area contributed by atoms with Crippen molar-refractivity contribution < 1.29 is 0 Å². The van der Waals surface area contributed by atoms with Crippen LogP contribution in [0.1, 0.15) is 22.3 Å². The molecule has 0 saturated carbocycles. The second-order valence-electron chi connectivity index (χ2n) is 15.7. The molecule has 0 bridgehead atoms. The maximum Gasteiger partial charge on any atom is 0.0714 e. The van der Waals surface area contributed by atoms with Crippen LogP contribution in [0, 0.1) is 0 Å². The van der Waals surface area contributed by atoms with Gasteiger partial charge in [0.05, 0.1) is 5.41 Å². The number of fused-ring (bicyclic) bond motifs is 9. The molecule has 0 radical (unpaired) electrons. The second kappa shape index (κ2) is 13.4. The first-order valence-corrected chi connectivity index (χ1v) is 21.1. The van der Waals surface area contributed by atoms with E-state index in [2.05, 4.69) is 229 Å². The summed E-state index contributed by atoms with van der Waals surface area (Å²) in [6.45, 7) is 0. The Kier molecular flexibility index (Phi) is 7.69. The Morgan fingerprint density at radius 1 is 0.356 bits per heavy atom. The van der Waals surface area contributed by atoms with Gasteiger partial charge in [-0.1, -0.05) is 170 Å². The van der Waals surface area contributed by atoms with E-state index < -0.39 is 5.41 Å². The van der Waals surface area contributed by atoms with E-state index in [1.54, 1.807) is 0 Å². The molecule has 1 nitrogen and oxygen atoms in total. The van der Waals surface area contributed by atoms with Crippen LogP contribution < -0.4 is 4.90 Å². The zero-order chi connectivity index (χ0) is 38.9. The Bertz CT molecular complexity index is 3380. The highest BCUT2D eigenvalue weighted by atomic mass is 32.1. The van der Waals surface area contributed by atoms with Crippen molar-refractivity contribution in [1.29, 1.82) is 0 Å². The minimum absolute atomic E-state index is 0.479. The van der Waals surface area contributed by atoms with Gasteiger partial charge in [0, 0.05) is 42.8 Å². The minimum Gasteiger partial charge on any atom is -0.310 e. The van der Waals surface area contributed by atoms with Crippen LogP contribution in [0.5, 0.6) is 0 Å². The molecule has 59 heavy (non-hydrogen) atoms. The fraction of sp³-hybridized carbons (Fsp3) is 0.0175. The lowest BCUT2D eigenvalue weighted by Gasteiger charge is -2.34. The van der Waals surface area contributed by atoms with Crippen LogP contribution in [0.4, 0.5) is 17.1 Å². The number of hydrogen-bond acceptors (Lipinski definition) is 2. The Balaban J connectivity index is 1.00. The van der Waals surface area contributed by atoms with Crippen molar-refractivity contribution in [2.45, 2.75) is 5.41 Å². The number of nitrogens with zero attached hydrogens (tertiary/aromatic N) is 1. The second-order valence-corrected chi connectivity index (χ2v) is 16.7. The molecule has 1 aliphatic carbocycles. The minimum atomic E-state index is -0.479. The van der Waals surface area contributed by atoms with Crippen LogP contribution >= 0.6 is 11.3 Å². The van der Waals surface area contributed by atoms with Gasteiger partial charge >= 0.3 is 0 Å². The molecule has 0 spiro atoms. The van der Waals surface area contributed by atoms with Gasteiger partial charge in [-0.05, 0) is 115 Å². The third-order valence-electron chi connectivity index (χ3n) is 12.5. The maximum atomic E-state index is 2.44. The van der Waals surface area contributed by atoms with E-state index in [1.165, 1.54) is 86.2 Å². The Labute approximate surface area is 347 Å². The summed E-state index contributed by atoms with van der Waals surface area (Å²) in [7, 11) is 0. The molecule has 11 aromatic rings. The van der Waals surface area contributed by atoms with Crippen LogP contribution in [-0.2, 0) is 5.41 Å². The summed E-state index contributed by atoms with van der Waals surface area (Å²) in [5, 5.41) is 7.60. The molecule has 1 aromatic heterocycles. The van der Waals surface area contributed by atoms with E-state index >= 15 is 0 Å². The van der Waals surface area contributed by atoms with Crippen molar-refractivity contribution in [1.82, 2.24) is 0 Å². The first-order chi connectivity index (χ1) is 29.2. The summed E-state index contributed by atoms with van der Waals surface area (Å²) >= 11 is 1.92. The Morgan fingerprint density at radius 2 is 0.983 bits per heavy atom. The van der Waals surface area contributed by atoms with Gasteiger partial charge < -0.3 is 4.90 Å². The van der Waals surface area contributed by atoms with E-state index in [1.807, 2.05) is 11.3 Å². The lowest BCUT2D eigenvalue weighted by molar-refractivity contribution is 0.770. The topological polar surface area (TPSA) is 3.24 Å². The fourth-order valence-electron chi connectivity index (χ4n) is 9.82. The van der Waals surface area contributed by atoms with Crippen LogP contribution in [0.15, 0.2) is 224 Å². The summed E-state index contributed by atoms with van der Waals surface area (Å²) in [4.78, 5) is 2.36. The molecule has 276 valence electrons. The molecular formula is C57H37NS. The van der Waals surface area contributed by atoms with Gasteiger partial charge in [0.15, 0.2) is 0 Å². The van der Waals surface area contributed by atoms with Crippen LogP contribution in [0.3, 0.4) is 0 Å². The van der Waals surface area contributed by atoms with E-state index in [0.29, 0.717) is 0 Å². The Morgan fingerprint density at radius 3 is 1.85 bits per heavy atom. The summed E-state index contributed by atoms with van der Waals surface area (Å²) in [6, 6.07) is 82.9. The van der Waals surface area contributed by atoms with Crippen LogP contribution in [-0.4, -0.2) is 0 Å². The number of rotatable bonds is 6. The standard InChI is InChI=1S/C57H37NS/c1-3-15-44(16-4-1)57(52-21-11-9-20-51(52)55-53(57)34-33-50-49-19-10-12-22-54(49)59-56(50)55)45-29-25-43-37-48(32-28-42(43)36-45)58(46-17-5-2-6-18-46)47-30-26-39(27-31-47)41-24-23-38-13-7-8-14-40(38)35-41/h1-37H. The van der Waals surface area contributed by atoms with Gasteiger partial charge in [0.25, 0.3) is 0 Å². The van der Waals surface area contributed by atoms with Gasteiger partial charge in [-0.3, -0.25) is 0 Å². The molecule has 1 unspecified atom stereocenters. The lowest BCUT2D eigenvalue weighted by atomic mass is 9.67. The number of anilines is 3. The highest BCUT2D eigenvalue weighted by molar-refractivity contribution is 7.26. The summed E-state index contributed by atoms with van der Waals surface area (Å²) in [5.41, 5.74) is 13.2. The van der Waals surface area contributed by atoms with Gasteiger partial charge in [-0.25, -0.2) is 0 Å². The summed E-state index contributed by atoms with van der Waals surface area (Å²) in [6.07, 6.45) is 0. The van der Waals surface area contributed by atoms with Gasteiger partial charge in [0.2, 0.25) is 0 Å². The number of para-hydroxylation sites is 1. The SMILES string of the molecule is c1ccc(N(c2ccc(-c3ccc4ccccc4c3)cc2)c2ccc3cc(C4(c5ccccc5)c5ccccc5-c5c4ccc4c5sc5ccccc54)ccc3c2)cc1. The smallest absolute Gasteiger partial charge is 0.0714 e. The fourth-order valence-corrected chi connectivity index (χ4v) is 11.1. The molecule has 0 N–H and O–H groups in total. The van der Waals surface area contributed by atoms with Crippen molar-refractivity contribution in [3.8, 4) is 22.3 Å². The predicted octanol–water partition coefficient (Wildman–Crippen LogP) is 15.9. The zero-order valence-corrected chi connectivity index (χ0v) is 33.0. The maximum absolute atomic E-state index is 2.44. The van der Waals surface area contributed by atoms with E-state index in [4.69, 9.17) is 0 Å². The summed E-state index contributed by atoms with van der Waals surface area (Å²) < 4.78 is 2.70.